The molecule has 1 aromatic carbocycles. The monoisotopic (exact) mass is 447 g/mol. The number of halogens is 4. The molecule has 0 aliphatic rings. The predicted molar refractivity (Wildman–Crippen MR) is 93.2 cm³/mol. The standard InChI is InChI=1S/C14H20F3N3O2.HI/c1-10(8-21-2)20-13(18)19-7-11-5-3-4-6-12(11)22-9-14(15,16)17;/h3-6,10H,7-9H2,1-2H3,(H3,18,19,20);1H. The van der Waals surface area contributed by atoms with Crippen LogP contribution < -0.4 is 15.8 Å². The van der Waals surface area contributed by atoms with E-state index in [2.05, 4.69) is 10.3 Å². The Morgan fingerprint density at radius 3 is 2.61 bits per heavy atom. The number of hydrogen-bond donors (Lipinski definition) is 2. The van der Waals surface area contributed by atoms with E-state index in [0.717, 1.165) is 0 Å². The van der Waals surface area contributed by atoms with E-state index in [4.69, 9.17) is 15.2 Å². The fourth-order valence-corrected chi connectivity index (χ4v) is 1.69. The number of para-hydroxylation sites is 1. The van der Waals surface area contributed by atoms with Crippen molar-refractivity contribution in [1.82, 2.24) is 5.32 Å². The zero-order chi connectivity index (χ0) is 16.6. The van der Waals surface area contributed by atoms with Gasteiger partial charge in [-0.2, -0.15) is 13.2 Å². The van der Waals surface area contributed by atoms with Gasteiger partial charge in [-0.3, -0.25) is 0 Å². The summed E-state index contributed by atoms with van der Waals surface area (Å²) in [4.78, 5) is 4.09. The van der Waals surface area contributed by atoms with Crippen LogP contribution in [0.25, 0.3) is 0 Å². The molecule has 5 nitrogen and oxygen atoms in total. The number of alkyl halides is 3. The Kier molecular flexibility index (Phi) is 9.96. The third-order valence-electron chi connectivity index (χ3n) is 2.59. The van der Waals surface area contributed by atoms with Gasteiger partial charge in [0.15, 0.2) is 12.6 Å². The van der Waals surface area contributed by atoms with Crippen LogP contribution in [0.15, 0.2) is 29.3 Å². The highest BCUT2D eigenvalue weighted by Crippen LogP contribution is 2.22. The lowest BCUT2D eigenvalue weighted by molar-refractivity contribution is -0.153. The van der Waals surface area contributed by atoms with Gasteiger partial charge in [0.2, 0.25) is 0 Å². The topological polar surface area (TPSA) is 68.9 Å². The second-order valence-electron chi connectivity index (χ2n) is 4.71. The molecule has 0 spiro atoms. The van der Waals surface area contributed by atoms with Crippen molar-refractivity contribution in [1.29, 1.82) is 0 Å². The molecule has 0 saturated heterocycles. The summed E-state index contributed by atoms with van der Waals surface area (Å²) in [6, 6.07) is 6.38. The van der Waals surface area contributed by atoms with Crippen molar-refractivity contribution >= 4 is 29.9 Å². The Bertz CT molecular complexity index is 498. The SMILES string of the molecule is COCC(C)NC(N)=NCc1ccccc1OCC(F)(F)F.I. The molecule has 0 aliphatic carbocycles. The van der Waals surface area contributed by atoms with Gasteiger partial charge in [0.05, 0.1) is 13.2 Å². The van der Waals surface area contributed by atoms with E-state index in [1.807, 2.05) is 6.92 Å². The van der Waals surface area contributed by atoms with E-state index in [-0.39, 0.29) is 48.3 Å². The molecule has 0 amide bonds. The maximum atomic E-state index is 12.2. The minimum absolute atomic E-state index is 0. The molecule has 1 aromatic rings. The van der Waals surface area contributed by atoms with Gasteiger partial charge in [0.1, 0.15) is 5.75 Å². The molecule has 0 heterocycles. The molecule has 0 fully saturated rings. The van der Waals surface area contributed by atoms with E-state index in [1.54, 1.807) is 25.3 Å². The summed E-state index contributed by atoms with van der Waals surface area (Å²) in [6.45, 7) is 1.10. The second kappa shape index (κ2) is 10.5. The third kappa shape index (κ3) is 9.49. The van der Waals surface area contributed by atoms with Gasteiger partial charge in [-0.1, -0.05) is 18.2 Å². The number of ether oxygens (including phenoxy) is 2. The molecule has 0 aliphatic heterocycles. The average Bonchev–Trinajstić information content (AvgIpc) is 2.43. The predicted octanol–water partition coefficient (Wildman–Crippen LogP) is 2.68. The maximum absolute atomic E-state index is 12.2. The van der Waals surface area contributed by atoms with Crippen LogP contribution in [0, 0.1) is 0 Å². The molecule has 0 radical (unpaired) electrons. The Morgan fingerprint density at radius 1 is 1.35 bits per heavy atom. The zero-order valence-electron chi connectivity index (χ0n) is 12.9. The Morgan fingerprint density at radius 2 is 2.00 bits per heavy atom. The average molecular weight is 447 g/mol. The van der Waals surface area contributed by atoms with Crippen molar-refractivity contribution in [2.45, 2.75) is 25.7 Å². The van der Waals surface area contributed by atoms with Gasteiger partial charge in [-0.05, 0) is 13.0 Å². The van der Waals surface area contributed by atoms with Gasteiger partial charge < -0.3 is 20.5 Å². The van der Waals surface area contributed by atoms with Crippen molar-refractivity contribution < 1.29 is 22.6 Å². The molecule has 3 N–H and O–H groups in total. The van der Waals surface area contributed by atoms with Crippen LogP contribution in [0.1, 0.15) is 12.5 Å². The van der Waals surface area contributed by atoms with Gasteiger partial charge >= 0.3 is 6.18 Å². The normalized spacial score (nSPS) is 13.2. The first-order valence-electron chi connectivity index (χ1n) is 6.64. The number of nitrogens with zero attached hydrogens (tertiary/aromatic N) is 1. The molecule has 132 valence electrons. The summed E-state index contributed by atoms with van der Waals surface area (Å²) in [5, 5.41) is 2.91. The van der Waals surface area contributed by atoms with Crippen LogP contribution in [-0.4, -0.2) is 38.5 Å². The summed E-state index contributed by atoms with van der Waals surface area (Å²) in [5.41, 5.74) is 6.23. The molecule has 9 heteroatoms. The summed E-state index contributed by atoms with van der Waals surface area (Å²) in [7, 11) is 1.57. The minimum Gasteiger partial charge on any atom is -0.484 e. The quantitative estimate of drug-likeness (QED) is 0.383. The number of nitrogens with two attached hydrogens (primary N) is 1. The van der Waals surface area contributed by atoms with E-state index in [9.17, 15) is 13.2 Å². The summed E-state index contributed by atoms with van der Waals surface area (Å²) in [6.07, 6.45) is -4.38. The van der Waals surface area contributed by atoms with Crippen molar-refractivity contribution in [3.63, 3.8) is 0 Å². The highest BCUT2D eigenvalue weighted by Gasteiger charge is 2.28. The highest BCUT2D eigenvalue weighted by atomic mass is 127. The number of benzene rings is 1. The number of aliphatic imine (C=N–C) groups is 1. The number of guanidine groups is 1. The fraction of sp³-hybridized carbons (Fsp3) is 0.500. The van der Waals surface area contributed by atoms with Crippen LogP contribution in [0.4, 0.5) is 13.2 Å². The van der Waals surface area contributed by atoms with Crippen molar-refractivity contribution in [2.24, 2.45) is 10.7 Å². The van der Waals surface area contributed by atoms with Gasteiger partial charge in [-0.25, -0.2) is 4.99 Å². The third-order valence-corrected chi connectivity index (χ3v) is 2.59. The number of rotatable bonds is 7. The number of hydrogen-bond acceptors (Lipinski definition) is 3. The minimum atomic E-state index is -4.38. The molecule has 1 unspecified atom stereocenters. The van der Waals surface area contributed by atoms with Gasteiger partial charge in [0, 0.05) is 18.7 Å². The smallest absolute Gasteiger partial charge is 0.422 e. The van der Waals surface area contributed by atoms with Crippen molar-refractivity contribution in [2.75, 3.05) is 20.3 Å². The Balaban J connectivity index is 0.00000484. The van der Waals surface area contributed by atoms with E-state index in [0.29, 0.717) is 12.2 Å². The molecule has 0 aromatic heterocycles. The van der Waals surface area contributed by atoms with Crippen molar-refractivity contribution in [3.05, 3.63) is 29.8 Å². The molecular formula is C14H21F3IN3O2. The number of nitrogens with one attached hydrogen (secondary N) is 1. The summed E-state index contributed by atoms with van der Waals surface area (Å²) < 4.78 is 46.4. The first-order valence-corrected chi connectivity index (χ1v) is 6.64. The van der Waals surface area contributed by atoms with Gasteiger partial charge in [0.25, 0.3) is 0 Å². The lowest BCUT2D eigenvalue weighted by Gasteiger charge is -2.14. The second-order valence-corrected chi connectivity index (χ2v) is 4.71. The van der Waals surface area contributed by atoms with Gasteiger partial charge in [-0.15, -0.1) is 24.0 Å². The lowest BCUT2D eigenvalue weighted by atomic mass is 10.2. The Hall–Kier alpha value is -1.23. The molecule has 23 heavy (non-hydrogen) atoms. The van der Waals surface area contributed by atoms with E-state index in [1.165, 1.54) is 6.07 Å². The van der Waals surface area contributed by atoms with E-state index >= 15 is 0 Å². The van der Waals surface area contributed by atoms with Crippen LogP contribution in [-0.2, 0) is 11.3 Å². The highest BCUT2D eigenvalue weighted by molar-refractivity contribution is 14.0. The van der Waals surface area contributed by atoms with Crippen LogP contribution in [0.3, 0.4) is 0 Å². The van der Waals surface area contributed by atoms with Crippen LogP contribution in [0.5, 0.6) is 5.75 Å². The first kappa shape index (κ1) is 21.8. The van der Waals surface area contributed by atoms with Crippen molar-refractivity contribution in [3.8, 4) is 5.75 Å². The van der Waals surface area contributed by atoms with Crippen LogP contribution >= 0.6 is 24.0 Å². The summed E-state index contributed by atoms with van der Waals surface area (Å²) in [5.74, 6) is 0.330. The largest absolute Gasteiger partial charge is 0.484 e. The molecule has 1 atom stereocenters. The number of methoxy groups -OCH3 is 1. The zero-order valence-corrected chi connectivity index (χ0v) is 15.2. The first-order chi connectivity index (χ1) is 10.3. The molecule has 0 bridgehead atoms. The fourth-order valence-electron chi connectivity index (χ4n) is 1.69. The van der Waals surface area contributed by atoms with E-state index < -0.39 is 12.8 Å². The molecular weight excluding hydrogens is 426 g/mol. The molecule has 1 rings (SSSR count). The van der Waals surface area contributed by atoms with Crippen LogP contribution in [0.2, 0.25) is 0 Å². The molecule has 0 saturated carbocycles. The Labute approximate surface area is 150 Å². The lowest BCUT2D eigenvalue weighted by Crippen LogP contribution is -2.40. The maximum Gasteiger partial charge on any atom is 0.422 e. The summed E-state index contributed by atoms with van der Waals surface area (Å²) >= 11 is 0.